The first-order valence-electron chi connectivity index (χ1n) is 36.9. The van der Waals surface area contributed by atoms with Crippen molar-refractivity contribution < 1.29 is 76.6 Å². The highest BCUT2D eigenvalue weighted by Crippen LogP contribution is 2.34. The van der Waals surface area contributed by atoms with Gasteiger partial charge in [-0.3, -0.25) is 62.5 Å². The number of morpholine rings is 1. The van der Waals surface area contributed by atoms with Crippen LogP contribution < -0.4 is 26.6 Å². The normalized spacial score (nSPS) is 27.3. The number of nitrogens with one attached hydrogen (secondary N) is 5. The third kappa shape index (κ3) is 25.3. The number of carbonyl (C=O) groups is 12. The number of amides is 12. The number of rotatable bonds is 24. The minimum Gasteiger partial charge on any atom is -0.450 e. The van der Waals surface area contributed by atoms with Gasteiger partial charge in [-0.1, -0.05) is 95.9 Å². The quantitative estimate of drug-likeness (QED) is 0.0858. The van der Waals surface area contributed by atoms with Crippen LogP contribution in [0.1, 0.15) is 182 Å². The minimum absolute atomic E-state index is 0.0256. The maximum absolute atomic E-state index is 15.4. The molecule has 578 valence electrons. The van der Waals surface area contributed by atoms with Crippen LogP contribution in [0.5, 0.6) is 0 Å². The Morgan fingerprint density at radius 1 is 0.525 bits per heavy atom. The van der Waals surface area contributed by atoms with Gasteiger partial charge in [0.05, 0.1) is 25.9 Å². The largest absolute Gasteiger partial charge is 0.450 e. The molecule has 5 N–H and O–H groups in total. The van der Waals surface area contributed by atoms with Crippen molar-refractivity contribution in [3.05, 3.63) is 0 Å². The van der Waals surface area contributed by atoms with Gasteiger partial charge in [-0.15, -0.1) is 0 Å². The molecule has 0 saturated carbocycles. The zero-order valence-electron chi connectivity index (χ0n) is 65.3. The molecule has 0 aromatic rings. The Balaban J connectivity index is 2.28. The molecule has 29 nitrogen and oxygen atoms in total. The van der Waals surface area contributed by atoms with Gasteiger partial charge in [0.25, 0.3) is 5.91 Å². The second-order valence-electron chi connectivity index (χ2n) is 30.0. The molecule has 3 fully saturated rings. The summed E-state index contributed by atoms with van der Waals surface area (Å²) in [6.07, 6.45) is 1.91. The number of carbonyl (C=O) groups excluding carboxylic acids is 12. The maximum Gasteiger partial charge on any atom is 0.407 e. The lowest BCUT2D eigenvalue weighted by Gasteiger charge is -2.50. The summed E-state index contributed by atoms with van der Waals surface area (Å²) < 4.78 is 16.9. The molecule has 3 aliphatic heterocycles. The van der Waals surface area contributed by atoms with Crippen LogP contribution in [-0.2, 0) is 71.8 Å². The molecule has 12 amide bonds. The molecule has 0 aliphatic carbocycles. The molecule has 0 aromatic heterocycles. The smallest absolute Gasteiger partial charge is 0.407 e. The summed E-state index contributed by atoms with van der Waals surface area (Å²) in [5.74, 6) is -9.58. The van der Waals surface area contributed by atoms with E-state index in [-0.39, 0.29) is 62.6 Å². The van der Waals surface area contributed by atoms with E-state index in [1.54, 1.807) is 48.5 Å². The number of alkyl carbamates (subject to hydrolysis) is 1. The highest BCUT2D eigenvalue weighted by Gasteiger charge is 2.55. The molecular weight excluding hydrogens is 1300 g/mol. The number of fused-ring (bicyclic) bond motifs is 1. The molecule has 0 radical (unpaired) electrons. The first-order valence-corrected chi connectivity index (χ1v) is 36.9. The van der Waals surface area contributed by atoms with E-state index in [1.807, 2.05) is 48.5 Å². The van der Waals surface area contributed by atoms with E-state index in [0.717, 1.165) is 31.1 Å². The van der Waals surface area contributed by atoms with E-state index >= 15 is 28.8 Å². The van der Waals surface area contributed by atoms with Gasteiger partial charge in [0.1, 0.15) is 66.5 Å². The third-order valence-electron chi connectivity index (χ3n) is 19.6. The molecule has 3 rings (SSSR count). The molecule has 0 aromatic carbocycles. The first-order chi connectivity index (χ1) is 47.3. The van der Waals surface area contributed by atoms with Gasteiger partial charge in [-0.05, 0) is 128 Å². The predicted molar refractivity (Wildman–Crippen MR) is 382 cm³/mol. The molecule has 14 atom stereocenters. The van der Waals surface area contributed by atoms with E-state index in [4.69, 9.17) is 19.0 Å². The fraction of sp³-hybridized carbons (Fsp3) is 0.833. The highest BCUT2D eigenvalue weighted by atomic mass is 16.7. The van der Waals surface area contributed by atoms with Gasteiger partial charge in [0, 0.05) is 68.5 Å². The summed E-state index contributed by atoms with van der Waals surface area (Å²) in [6.45, 7) is 33.9. The van der Waals surface area contributed by atoms with E-state index in [2.05, 4.69) is 31.5 Å². The van der Waals surface area contributed by atoms with Crippen LogP contribution in [0.25, 0.3) is 0 Å². The molecule has 0 bridgehead atoms. The Morgan fingerprint density at radius 3 is 1.60 bits per heavy atom. The zero-order valence-corrected chi connectivity index (χ0v) is 65.3. The van der Waals surface area contributed by atoms with Crippen LogP contribution >= 0.6 is 0 Å². The zero-order chi connectivity index (χ0) is 76.6. The van der Waals surface area contributed by atoms with E-state index in [9.17, 15) is 28.8 Å². The van der Waals surface area contributed by atoms with Crippen molar-refractivity contribution in [3.8, 4) is 0 Å². The average Bonchev–Trinajstić information content (AvgIpc) is 0.754. The Hall–Kier alpha value is -6.72. The summed E-state index contributed by atoms with van der Waals surface area (Å²) in [7, 11) is 8.61. The van der Waals surface area contributed by atoms with Crippen molar-refractivity contribution in [2.45, 2.75) is 261 Å². The Bertz CT molecular complexity index is 2750. The summed E-state index contributed by atoms with van der Waals surface area (Å²) in [6, 6.07) is -13.8. The highest BCUT2D eigenvalue weighted by molar-refractivity contribution is 6.00. The van der Waals surface area contributed by atoms with Crippen molar-refractivity contribution in [1.82, 2.24) is 65.9 Å². The lowest BCUT2D eigenvalue weighted by atomic mass is 9.88. The summed E-state index contributed by atoms with van der Waals surface area (Å²) in [5, 5.41) is 14.9. The second kappa shape index (κ2) is 42.1. The molecule has 101 heavy (non-hydrogen) atoms. The van der Waals surface area contributed by atoms with Crippen molar-refractivity contribution in [3.63, 3.8) is 0 Å². The molecular formula is C72H129N13O16. The lowest BCUT2D eigenvalue weighted by molar-refractivity contribution is -0.322. The van der Waals surface area contributed by atoms with Crippen LogP contribution in [0.4, 0.5) is 4.79 Å². The van der Waals surface area contributed by atoms with Gasteiger partial charge in [-0.25, -0.2) is 9.86 Å². The van der Waals surface area contributed by atoms with E-state index in [0.29, 0.717) is 51.9 Å². The van der Waals surface area contributed by atoms with E-state index < -0.39 is 162 Å². The SMILES string of the molecule is CCOC(=O)NCCCCC[C@@H](C)[C@H]1ON2C(=O)[C@H](C(C)C)N(C)C(=O)[C@H](CC(C)C)N(C)C(=O)[C@H](CC(C)C)N(C)C(=O)[C@@H](C)NC(=O)[C@H](C)NC(=O)[C@H](CC(C)C)N(C)C(=O)[C@H](C(C)C)NC(=O)[C@H]([C@@H](C)OCCCCN3CCOCC3)N(C)C(=O)[C@@H](C)N(C)C(=O)[C@H](CC)NC(=O)[C@H]12. The van der Waals surface area contributed by atoms with Crippen LogP contribution in [0.2, 0.25) is 0 Å². The molecule has 3 aliphatic rings. The fourth-order valence-electron chi connectivity index (χ4n) is 13.2. The number of unbranched alkanes of at least 4 members (excludes halogenated alkanes) is 3. The van der Waals surface area contributed by atoms with E-state index in [1.165, 1.54) is 92.5 Å². The predicted octanol–water partition coefficient (Wildman–Crippen LogP) is 3.79. The Labute approximate surface area is 602 Å². The molecule has 3 heterocycles. The molecule has 29 heteroatoms. The van der Waals surface area contributed by atoms with Crippen molar-refractivity contribution >= 4 is 71.1 Å². The fourth-order valence-corrected chi connectivity index (χ4v) is 13.2. The summed E-state index contributed by atoms with van der Waals surface area (Å²) in [5.41, 5.74) is 0. The van der Waals surface area contributed by atoms with Crippen molar-refractivity contribution in [1.29, 1.82) is 0 Å². The van der Waals surface area contributed by atoms with Crippen molar-refractivity contribution in [2.24, 2.45) is 35.5 Å². The Kier molecular flexibility index (Phi) is 36.9. The summed E-state index contributed by atoms with van der Waals surface area (Å²) >= 11 is 0. The van der Waals surface area contributed by atoms with Crippen LogP contribution in [-0.4, -0.2) is 284 Å². The maximum atomic E-state index is 15.4. The summed E-state index contributed by atoms with van der Waals surface area (Å²) in [4.78, 5) is 192. The standard InChI is InChI=1S/C72H129N13O16/c1-24-52-67(92)78(18)50(16)66(91)83(23)58(51(17)100-36-30-29-33-84-34-37-98-38-35-84)63(88)77-56(45(9)10)70(95)79(19)53(39-42(3)4)62(87)74-48(14)61(86)75-49(15)65(90)80(20)54(40-43(5)6)68(93)81(21)55(41-44(7)8)69(94)82(22)57(46(11)12)71(96)85-59(64(89)76-52)60(101-85)47(13)31-27-26-28-32-73-72(97)99-25-2/h42-60H,24-41H2,1-23H3,(H,73,97)(H,74,87)(H,75,86)(H,76,89)(H,77,88)/t47-,48+,49-,50-,51-,52+,53+,54+,55+,56+,57+,58+,59+,60-/m1/s1. The Morgan fingerprint density at radius 2 is 1.06 bits per heavy atom. The topological polar surface area (TPSA) is 328 Å². The van der Waals surface area contributed by atoms with Crippen molar-refractivity contribution in [2.75, 3.05) is 94.9 Å². The monoisotopic (exact) mass is 1430 g/mol. The number of nitrogens with zero attached hydrogens (tertiary/aromatic N) is 8. The first kappa shape index (κ1) is 88.5. The van der Waals surface area contributed by atoms with Gasteiger partial charge in [0.15, 0.2) is 6.04 Å². The van der Waals surface area contributed by atoms with Gasteiger partial charge in [-0.2, -0.15) is 0 Å². The van der Waals surface area contributed by atoms with Crippen LogP contribution in [0, 0.1) is 35.5 Å². The van der Waals surface area contributed by atoms with Gasteiger partial charge in [0.2, 0.25) is 59.1 Å². The number of likely N-dealkylation sites (N-methyl/N-ethyl adjacent to an activating group) is 6. The number of hydroxylamine groups is 2. The third-order valence-corrected chi connectivity index (χ3v) is 19.6. The lowest BCUT2D eigenvalue weighted by Crippen LogP contribution is -2.72. The molecule has 0 unspecified atom stereocenters. The number of hydrogen-bond donors (Lipinski definition) is 5. The van der Waals surface area contributed by atoms with Gasteiger partial charge >= 0.3 is 6.09 Å². The van der Waals surface area contributed by atoms with Gasteiger partial charge < -0.3 is 70.2 Å². The molecule has 3 saturated heterocycles. The minimum atomic E-state index is -1.40. The average molecular weight is 1430 g/mol. The van der Waals surface area contributed by atoms with Crippen LogP contribution in [0.3, 0.4) is 0 Å². The number of ether oxygens (including phenoxy) is 3. The second-order valence-corrected chi connectivity index (χ2v) is 30.0. The van der Waals surface area contributed by atoms with Crippen LogP contribution in [0.15, 0.2) is 0 Å². The molecule has 0 spiro atoms. The number of hydrogen-bond acceptors (Lipinski definition) is 17.